The first kappa shape index (κ1) is 8.94. The molecule has 0 aromatic carbocycles. The highest BCUT2D eigenvalue weighted by atomic mass is 15.1. The topological polar surface area (TPSA) is 50.8 Å². The van der Waals surface area contributed by atoms with Crippen LogP contribution in [0.15, 0.2) is 0 Å². The summed E-state index contributed by atoms with van der Waals surface area (Å²) in [6, 6.07) is 3.87. The van der Waals surface area contributed by atoms with Crippen LogP contribution in [0.25, 0.3) is 0 Å². The summed E-state index contributed by atoms with van der Waals surface area (Å²) in [5.74, 6) is -0.519. The smallest absolute Gasteiger partial charge is 0.148 e. The summed E-state index contributed by atoms with van der Waals surface area (Å²) >= 11 is 0. The zero-order valence-electron chi connectivity index (χ0n) is 6.50. The van der Waals surface area contributed by atoms with E-state index in [9.17, 15) is 0 Å². The molecule has 0 aliphatic rings. The Morgan fingerprint density at radius 1 is 1.20 bits per heavy atom. The third-order valence-corrected chi connectivity index (χ3v) is 1.58. The molecular weight excluding hydrogens is 126 g/mol. The number of nitriles is 2. The molecule has 0 radical (unpaired) electrons. The predicted molar refractivity (Wildman–Crippen MR) is 37.9 cm³/mol. The fourth-order valence-corrected chi connectivity index (χ4v) is 0.543. The van der Waals surface area contributed by atoms with Crippen LogP contribution in [0.2, 0.25) is 0 Å². The molecule has 54 valence electrons. The van der Waals surface area contributed by atoms with Gasteiger partial charge >= 0.3 is 0 Å². The molecule has 0 fully saturated rings. The second kappa shape index (κ2) is 3.87. The lowest BCUT2D eigenvalue weighted by atomic mass is 10.0. The van der Waals surface area contributed by atoms with Gasteiger partial charge < -0.3 is 4.90 Å². The van der Waals surface area contributed by atoms with E-state index < -0.39 is 5.92 Å². The van der Waals surface area contributed by atoms with E-state index in [4.69, 9.17) is 10.5 Å². The first-order chi connectivity index (χ1) is 4.63. The second-order valence-electron chi connectivity index (χ2n) is 2.44. The van der Waals surface area contributed by atoms with Crippen molar-refractivity contribution in [3.05, 3.63) is 0 Å². The van der Waals surface area contributed by atoms with Crippen molar-refractivity contribution in [2.75, 3.05) is 14.1 Å². The molecule has 0 aromatic heterocycles. The summed E-state index contributed by atoms with van der Waals surface area (Å²) in [6.45, 7) is 1.86. The van der Waals surface area contributed by atoms with Crippen molar-refractivity contribution in [1.82, 2.24) is 4.90 Å². The first-order valence-electron chi connectivity index (χ1n) is 3.09. The van der Waals surface area contributed by atoms with E-state index >= 15 is 0 Å². The fourth-order valence-electron chi connectivity index (χ4n) is 0.543. The molecule has 0 N–H and O–H groups in total. The van der Waals surface area contributed by atoms with Crippen LogP contribution < -0.4 is 0 Å². The molecule has 0 rings (SSSR count). The summed E-state index contributed by atoms with van der Waals surface area (Å²) in [6.07, 6.45) is 0. The summed E-state index contributed by atoms with van der Waals surface area (Å²) in [4.78, 5) is 1.86. The average molecular weight is 137 g/mol. The first-order valence-corrected chi connectivity index (χ1v) is 3.09. The Kier molecular flexibility index (Phi) is 3.46. The Bertz CT molecular complexity index is 158. The molecule has 3 nitrogen and oxygen atoms in total. The van der Waals surface area contributed by atoms with E-state index in [0.29, 0.717) is 0 Å². The third-order valence-electron chi connectivity index (χ3n) is 1.58. The highest BCUT2D eigenvalue weighted by Crippen LogP contribution is 2.04. The van der Waals surface area contributed by atoms with Gasteiger partial charge in [0.1, 0.15) is 5.92 Å². The van der Waals surface area contributed by atoms with Crippen LogP contribution in [0.5, 0.6) is 0 Å². The largest absolute Gasteiger partial charge is 0.304 e. The van der Waals surface area contributed by atoms with Gasteiger partial charge in [0.15, 0.2) is 0 Å². The molecule has 0 saturated carbocycles. The van der Waals surface area contributed by atoms with Crippen LogP contribution in [0.4, 0.5) is 0 Å². The Hall–Kier alpha value is -1.06. The Morgan fingerprint density at radius 2 is 1.60 bits per heavy atom. The minimum absolute atomic E-state index is 0.00926. The van der Waals surface area contributed by atoms with Gasteiger partial charge in [0.05, 0.1) is 12.1 Å². The highest BCUT2D eigenvalue weighted by Gasteiger charge is 2.16. The molecular formula is C7H11N3. The van der Waals surface area contributed by atoms with Crippen LogP contribution in [-0.2, 0) is 0 Å². The Morgan fingerprint density at radius 3 is 1.70 bits per heavy atom. The summed E-state index contributed by atoms with van der Waals surface area (Å²) < 4.78 is 0. The minimum Gasteiger partial charge on any atom is -0.304 e. The van der Waals surface area contributed by atoms with Gasteiger partial charge in [-0.25, -0.2) is 0 Å². The molecule has 10 heavy (non-hydrogen) atoms. The van der Waals surface area contributed by atoms with Gasteiger partial charge in [0.25, 0.3) is 0 Å². The Balaban J connectivity index is 4.09. The lowest BCUT2D eigenvalue weighted by molar-refractivity contribution is 0.288. The van der Waals surface area contributed by atoms with E-state index in [1.54, 1.807) is 0 Å². The molecule has 1 unspecified atom stereocenters. The highest BCUT2D eigenvalue weighted by molar-refractivity contribution is 5.03. The van der Waals surface area contributed by atoms with Crippen LogP contribution in [-0.4, -0.2) is 25.0 Å². The van der Waals surface area contributed by atoms with E-state index in [1.165, 1.54) is 0 Å². The monoisotopic (exact) mass is 137 g/mol. The zero-order valence-corrected chi connectivity index (χ0v) is 6.50. The predicted octanol–water partition coefficient (Wildman–Crippen LogP) is 0.600. The summed E-state index contributed by atoms with van der Waals surface area (Å²) in [5.41, 5.74) is 0. The second-order valence-corrected chi connectivity index (χ2v) is 2.44. The van der Waals surface area contributed by atoms with Crippen molar-refractivity contribution in [2.24, 2.45) is 5.92 Å². The molecule has 1 atom stereocenters. The van der Waals surface area contributed by atoms with Crippen molar-refractivity contribution in [1.29, 1.82) is 10.5 Å². The van der Waals surface area contributed by atoms with Crippen LogP contribution in [0.1, 0.15) is 6.92 Å². The SMILES string of the molecule is CC(C(C#N)C#N)N(C)C. The summed E-state index contributed by atoms with van der Waals surface area (Å²) in [7, 11) is 3.71. The Labute approximate surface area is 61.5 Å². The van der Waals surface area contributed by atoms with Crippen molar-refractivity contribution < 1.29 is 0 Å². The van der Waals surface area contributed by atoms with Gasteiger partial charge in [-0.05, 0) is 21.0 Å². The third kappa shape index (κ3) is 2.05. The lowest BCUT2D eigenvalue weighted by Crippen LogP contribution is -2.30. The number of hydrogen-bond acceptors (Lipinski definition) is 3. The van der Waals surface area contributed by atoms with Gasteiger partial charge in [-0.1, -0.05) is 0 Å². The van der Waals surface area contributed by atoms with E-state index in [2.05, 4.69) is 0 Å². The van der Waals surface area contributed by atoms with E-state index in [1.807, 2.05) is 38.1 Å². The van der Waals surface area contributed by atoms with Gasteiger partial charge in [0.2, 0.25) is 0 Å². The maximum Gasteiger partial charge on any atom is 0.148 e. The molecule has 3 heteroatoms. The molecule has 0 aliphatic heterocycles. The molecule has 0 bridgehead atoms. The lowest BCUT2D eigenvalue weighted by Gasteiger charge is -2.19. The van der Waals surface area contributed by atoms with Gasteiger partial charge in [-0.2, -0.15) is 10.5 Å². The standard InChI is InChI=1S/C7H11N3/c1-6(10(2)3)7(4-8)5-9/h6-7H,1-3H3. The molecule has 0 aromatic rings. The summed E-state index contributed by atoms with van der Waals surface area (Å²) in [5, 5.41) is 16.9. The fraction of sp³-hybridized carbons (Fsp3) is 0.714. The number of hydrogen-bond donors (Lipinski definition) is 0. The zero-order chi connectivity index (χ0) is 8.15. The molecule has 0 saturated heterocycles. The molecule has 0 spiro atoms. The maximum atomic E-state index is 8.45. The molecule has 0 heterocycles. The van der Waals surface area contributed by atoms with Gasteiger partial charge in [0, 0.05) is 6.04 Å². The van der Waals surface area contributed by atoms with Crippen molar-refractivity contribution >= 4 is 0 Å². The molecule has 0 aliphatic carbocycles. The van der Waals surface area contributed by atoms with Crippen LogP contribution >= 0.6 is 0 Å². The number of nitrogens with zero attached hydrogens (tertiary/aromatic N) is 3. The quantitative estimate of drug-likeness (QED) is 0.560. The van der Waals surface area contributed by atoms with Crippen molar-refractivity contribution in [3.63, 3.8) is 0 Å². The maximum absolute atomic E-state index is 8.45. The van der Waals surface area contributed by atoms with Gasteiger partial charge in [-0.15, -0.1) is 0 Å². The number of rotatable bonds is 2. The van der Waals surface area contributed by atoms with Crippen LogP contribution in [0, 0.1) is 28.6 Å². The minimum atomic E-state index is -0.519. The van der Waals surface area contributed by atoms with Crippen molar-refractivity contribution in [3.8, 4) is 12.1 Å². The average Bonchev–Trinajstić information content (AvgIpc) is 1.90. The van der Waals surface area contributed by atoms with Crippen LogP contribution in [0.3, 0.4) is 0 Å². The van der Waals surface area contributed by atoms with E-state index in [0.717, 1.165) is 0 Å². The van der Waals surface area contributed by atoms with E-state index in [-0.39, 0.29) is 6.04 Å². The van der Waals surface area contributed by atoms with Crippen molar-refractivity contribution in [2.45, 2.75) is 13.0 Å². The van der Waals surface area contributed by atoms with Gasteiger partial charge in [-0.3, -0.25) is 0 Å². The normalized spacial score (nSPS) is 12.7. The molecule has 0 amide bonds.